The number of benzene rings is 1. The van der Waals surface area contributed by atoms with Crippen molar-refractivity contribution in [3.63, 3.8) is 0 Å². The van der Waals surface area contributed by atoms with E-state index in [2.05, 4.69) is 9.88 Å². The average Bonchev–Trinajstić information content (AvgIpc) is 3.20. The molecule has 2 aromatic heterocycles. The summed E-state index contributed by atoms with van der Waals surface area (Å²) in [6.45, 7) is 5.72. The third-order valence-electron chi connectivity index (χ3n) is 6.46. The highest BCUT2D eigenvalue weighted by Gasteiger charge is 2.33. The van der Waals surface area contributed by atoms with Crippen LogP contribution in [0.3, 0.4) is 0 Å². The maximum Gasteiger partial charge on any atom is 0.416 e. The van der Waals surface area contributed by atoms with Crippen LogP contribution >= 0.6 is 0 Å². The fourth-order valence-corrected chi connectivity index (χ4v) is 4.57. The fourth-order valence-electron chi connectivity index (χ4n) is 4.57. The zero-order valence-electron chi connectivity index (χ0n) is 19.4. The van der Waals surface area contributed by atoms with E-state index in [1.165, 1.54) is 10.7 Å². The van der Waals surface area contributed by atoms with Gasteiger partial charge < -0.3 is 9.64 Å². The van der Waals surface area contributed by atoms with E-state index in [1.807, 2.05) is 11.8 Å². The van der Waals surface area contributed by atoms with Crippen molar-refractivity contribution in [2.75, 3.05) is 31.6 Å². The summed E-state index contributed by atoms with van der Waals surface area (Å²) in [6, 6.07) is 3.79. The second-order valence-electron chi connectivity index (χ2n) is 8.67. The molecule has 1 saturated heterocycles. The maximum absolute atomic E-state index is 14.6. The van der Waals surface area contributed by atoms with Crippen LogP contribution in [-0.4, -0.2) is 51.9 Å². The Kier molecular flexibility index (Phi) is 6.43. The van der Waals surface area contributed by atoms with Gasteiger partial charge >= 0.3 is 6.18 Å². The monoisotopic (exact) mass is 481 g/mol. The third kappa shape index (κ3) is 4.41. The van der Waals surface area contributed by atoms with Crippen molar-refractivity contribution in [1.29, 1.82) is 0 Å². The Morgan fingerprint density at radius 3 is 2.59 bits per heavy atom. The standard InChI is InChI=1S/C23H27F4N5O2/c1-14-11-30(15(2)18-6-5-16(9-19(18)24)23(25,26)27)7-8-31(14)20-10-21(33)29(3)32-12-17(13-34-4)28-22(20)32/h5-6,9-10,12,14-15H,7-8,11,13H2,1-4H3. The summed E-state index contributed by atoms with van der Waals surface area (Å²) >= 11 is 0. The molecule has 11 heteroatoms. The average molecular weight is 481 g/mol. The summed E-state index contributed by atoms with van der Waals surface area (Å²) < 4.78 is 61.6. The summed E-state index contributed by atoms with van der Waals surface area (Å²) in [5.74, 6) is -0.867. The number of halogens is 4. The molecule has 0 amide bonds. The minimum absolute atomic E-state index is 0.0489. The van der Waals surface area contributed by atoms with E-state index < -0.39 is 23.6 Å². The first-order valence-corrected chi connectivity index (χ1v) is 11.0. The summed E-state index contributed by atoms with van der Waals surface area (Å²) in [5, 5.41) is 0. The van der Waals surface area contributed by atoms with Gasteiger partial charge in [-0.15, -0.1) is 0 Å². The van der Waals surface area contributed by atoms with Crippen molar-refractivity contribution in [3.05, 3.63) is 63.5 Å². The topological polar surface area (TPSA) is 55.0 Å². The SMILES string of the molecule is COCc1cn2c(n1)c(N1CCN(C(C)c3ccc(C(F)(F)F)cc3F)CC1C)cc(=O)n2C. The van der Waals surface area contributed by atoms with Crippen molar-refractivity contribution in [3.8, 4) is 0 Å². The number of aryl methyl sites for hydroxylation is 1. The summed E-state index contributed by atoms with van der Waals surface area (Å²) in [5.41, 5.74) is 1.08. The fraction of sp³-hybridized carbons (Fsp3) is 0.478. The third-order valence-corrected chi connectivity index (χ3v) is 6.46. The Morgan fingerprint density at radius 1 is 1.24 bits per heavy atom. The summed E-state index contributed by atoms with van der Waals surface area (Å²) in [4.78, 5) is 21.3. The Balaban J connectivity index is 1.58. The highest BCUT2D eigenvalue weighted by atomic mass is 19.4. The van der Waals surface area contributed by atoms with E-state index >= 15 is 0 Å². The van der Waals surface area contributed by atoms with E-state index in [0.29, 0.717) is 49.3 Å². The van der Waals surface area contributed by atoms with Crippen LogP contribution in [0.15, 0.2) is 35.3 Å². The first kappa shape index (κ1) is 24.2. The van der Waals surface area contributed by atoms with E-state index in [1.54, 1.807) is 37.9 Å². The second kappa shape index (κ2) is 9.03. The number of hydrogen-bond donors (Lipinski definition) is 0. The van der Waals surface area contributed by atoms with Crippen molar-refractivity contribution < 1.29 is 22.3 Å². The zero-order chi connectivity index (χ0) is 24.8. The molecule has 2 unspecified atom stereocenters. The van der Waals surface area contributed by atoms with E-state index in [-0.39, 0.29) is 17.2 Å². The molecule has 0 radical (unpaired) electrons. The molecule has 2 atom stereocenters. The van der Waals surface area contributed by atoms with Gasteiger partial charge in [-0.25, -0.2) is 18.6 Å². The number of nitrogens with zero attached hydrogens (tertiary/aromatic N) is 5. The number of alkyl halides is 3. The van der Waals surface area contributed by atoms with Crippen LogP contribution in [0.1, 0.15) is 36.7 Å². The van der Waals surface area contributed by atoms with Crippen LogP contribution in [0.4, 0.5) is 23.2 Å². The molecular weight excluding hydrogens is 454 g/mol. The maximum atomic E-state index is 14.6. The molecule has 0 aliphatic carbocycles. The van der Waals surface area contributed by atoms with Gasteiger partial charge in [0.1, 0.15) is 5.82 Å². The molecule has 1 fully saturated rings. The first-order chi connectivity index (χ1) is 16.0. The highest BCUT2D eigenvalue weighted by molar-refractivity contribution is 5.69. The van der Waals surface area contributed by atoms with Crippen molar-refractivity contribution in [2.45, 2.75) is 38.7 Å². The van der Waals surface area contributed by atoms with Gasteiger partial charge in [0, 0.05) is 57.5 Å². The number of anilines is 1. The lowest BCUT2D eigenvalue weighted by Gasteiger charge is -2.43. The van der Waals surface area contributed by atoms with Crippen LogP contribution in [-0.2, 0) is 24.6 Å². The molecule has 1 aromatic carbocycles. The molecule has 0 spiro atoms. The Labute approximate surface area is 194 Å². The number of ether oxygens (including phenoxy) is 1. The molecular formula is C23H27F4N5O2. The predicted octanol–water partition coefficient (Wildman–Crippen LogP) is 3.61. The van der Waals surface area contributed by atoms with Crippen LogP contribution in [0.25, 0.3) is 5.65 Å². The number of aromatic nitrogens is 3. The van der Waals surface area contributed by atoms with Gasteiger partial charge in [-0.3, -0.25) is 9.69 Å². The van der Waals surface area contributed by atoms with E-state index in [9.17, 15) is 22.4 Å². The quantitative estimate of drug-likeness (QED) is 0.522. The summed E-state index contributed by atoms with van der Waals surface area (Å²) in [6.07, 6.45) is -2.82. The minimum Gasteiger partial charge on any atom is -0.378 e. The zero-order valence-corrected chi connectivity index (χ0v) is 19.4. The van der Waals surface area contributed by atoms with Gasteiger partial charge in [-0.2, -0.15) is 13.2 Å². The molecule has 1 aliphatic heterocycles. The van der Waals surface area contributed by atoms with Gasteiger partial charge in [0.2, 0.25) is 0 Å². The number of methoxy groups -OCH3 is 1. The normalized spacial score (nSPS) is 18.6. The van der Waals surface area contributed by atoms with Crippen LogP contribution in [0.2, 0.25) is 0 Å². The molecule has 3 heterocycles. The largest absolute Gasteiger partial charge is 0.416 e. The lowest BCUT2D eigenvalue weighted by atomic mass is 10.0. The van der Waals surface area contributed by atoms with Crippen LogP contribution < -0.4 is 10.5 Å². The van der Waals surface area contributed by atoms with Gasteiger partial charge in [0.25, 0.3) is 5.56 Å². The van der Waals surface area contributed by atoms with E-state index in [4.69, 9.17) is 4.74 Å². The Hall–Kier alpha value is -2.92. The number of fused-ring (bicyclic) bond motifs is 1. The molecule has 0 N–H and O–H groups in total. The molecule has 0 saturated carbocycles. The number of hydrogen-bond acceptors (Lipinski definition) is 5. The van der Waals surface area contributed by atoms with E-state index in [0.717, 1.165) is 6.07 Å². The minimum atomic E-state index is -4.59. The van der Waals surface area contributed by atoms with Gasteiger partial charge in [0.15, 0.2) is 5.65 Å². The smallest absolute Gasteiger partial charge is 0.378 e. The molecule has 3 aromatic rings. The summed E-state index contributed by atoms with van der Waals surface area (Å²) in [7, 11) is 3.24. The molecule has 34 heavy (non-hydrogen) atoms. The van der Waals surface area contributed by atoms with Gasteiger partial charge in [-0.1, -0.05) is 6.07 Å². The van der Waals surface area contributed by atoms with Crippen LogP contribution in [0, 0.1) is 5.82 Å². The second-order valence-corrected chi connectivity index (χ2v) is 8.67. The van der Waals surface area contributed by atoms with Crippen LogP contribution in [0.5, 0.6) is 0 Å². The molecule has 7 nitrogen and oxygen atoms in total. The predicted molar refractivity (Wildman–Crippen MR) is 119 cm³/mol. The van der Waals surface area contributed by atoms with Gasteiger partial charge in [-0.05, 0) is 26.0 Å². The van der Waals surface area contributed by atoms with Crippen molar-refractivity contribution in [2.24, 2.45) is 7.05 Å². The lowest BCUT2D eigenvalue weighted by Crippen LogP contribution is -2.53. The number of rotatable bonds is 5. The highest BCUT2D eigenvalue weighted by Crippen LogP contribution is 2.33. The van der Waals surface area contributed by atoms with Gasteiger partial charge in [0.05, 0.1) is 29.7 Å². The Morgan fingerprint density at radius 2 is 1.97 bits per heavy atom. The number of piperazine rings is 1. The molecule has 0 bridgehead atoms. The van der Waals surface area contributed by atoms with Crippen molar-refractivity contribution >= 4 is 11.3 Å². The first-order valence-electron chi connectivity index (χ1n) is 11.0. The molecule has 1 aliphatic rings. The molecule has 184 valence electrons. The molecule has 4 rings (SSSR count). The Bertz CT molecular complexity index is 1250. The number of imidazole rings is 1. The van der Waals surface area contributed by atoms with Crippen molar-refractivity contribution in [1.82, 2.24) is 19.1 Å². The lowest BCUT2D eigenvalue weighted by molar-refractivity contribution is -0.137.